The van der Waals surface area contributed by atoms with E-state index in [1.54, 1.807) is 6.07 Å². The molecule has 5 N–H and O–H groups in total. The average molecular weight is 523 g/mol. The second-order valence-corrected chi connectivity index (χ2v) is 9.97. The van der Waals surface area contributed by atoms with Crippen molar-refractivity contribution in [2.45, 2.75) is 25.2 Å². The lowest BCUT2D eigenvalue weighted by atomic mass is 9.99. The van der Waals surface area contributed by atoms with Crippen LogP contribution >= 0.6 is 0 Å². The fraction of sp³-hybridized carbons (Fsp3) is 0.208. The summed E-state index contributed by atoms with van der Waals surface area (Å²) >= 11 is 0. The van der Waals surface area contributed by atoms with E-state index in [9.17, 15) is 22.0 Å². The van der Waals surface area contributed by atoms with Crippen molar-refractivity contribution in [1.82, 2.24) is 4.72 Å². The summed E-state index contributed by atoms with van der Waals surface area (Å²) in [4.78, 5) is 12.1. The molecule has 3 aromatic carbocycles. The third-order valence-electron chi connectivity index (χ3n) is 5.82. The first-order valence-electron chi connectivity index (χ1n) is 10.9. The zero-order valence-electron chi connectivity index (χ0n) is 19.0. The van der Waals surface area contributed by atoms with Gasteiger partial charge >= 0.3 is 0 Å². The van der Waals surface area contributed by atoms with Gasteiger partial charge in [-0.15, -0.1) is 0 Å². The van der Waals surface area contributed by atoms with Crippen LogP contribution in [-0.4, -0.2) is 21.4 Å². The van der Waals surface area contributed by atoms with E-state index in [2.05, 4.69) is 5.32 Å². The van der Waals surface area contributed by atoms with Gasteiger partial charge in [-0.3, -0.25) is 9.52 Å². The minimum Gasteiger partial charge on any atom is -0.366 e. The fourth-order valence-corrected chi connectivity index (χ4v) is 4.31. The molecule has 0 spiro atoms. The molecule has 0 aromatic heterocycles. The Bertz CT molecular complexity index is 1460. The molecule has 1 aliphatic carbocycles. The van der Waals surface area contributed by atoms with Gasteiger partial charge in [-0.2, -0.15) is 8.42 Å². The molecule has 0 atom stereocenters. The summed E-state index contributed by atoms with van der Waals surface area (Å²) in [5.74, 6) is -5.48. The molecule has 190 valence electrons. The average Bonchev–Trinajstić information content (AvgIpc) is 3.67. The van der Waals surface area contributed by atoms with Crippen LogP contribution in [0.15, 0.2) is 42.5 Å². The normalized spacial score (nSPS) is 13.5. The predicted molar refractivity (Wildman–Crippen MR) is 127 cm³/mol. The van der Waals surface area contributed by atoms with Crippen molar-refractivity contribution in [2.75, 3.05) is 17.1 Å². The van der Waals surface area contributed by atoms with Crippen LogP contribution < -0.4 is 20.5 Å². The van der Waals surface area contributed by atoms with Crippen LogP contribution in [0.5, 0.6) is 0 Å². The van der Waals surface area contributed by atoms with Crippen LogP contribution in [-0.2, 0) is 16.6 Å². The molecule has 4 rings (SSSR count). The van der Waals surface area contributed by atoms with E-state index in [0.29, 0.717) is 0 Å². The Kier molecular flexibility index (Phi) is 6.92. The van der Waals surface area contributed by atoms with Crippen LogP contribution in [0.25, 0.3) is 0 Å². The molecule has 1 aliphatic rings. The number of amides is 1. The summed E-state index contributed by atoms with van der Waals surface area (Å²) in [6.07, 6.45) is 1.36. The number of hydrogen-bond acceptors (Lipinski definition) is 4. The number of benzene rings is 3. The van der Waals surface area contributed by atoms with Crippen molar-refractivity contribution < 1.29 is 30.8 Å². The van der Waals surface area contributed by atoms with Crippen molar-refractivity contribution in [3.63, 3.8) is 0 Å². The van der Waals surface area contributed by atoms with Crippen molar-refractivity contribution in [3.05, 3.63) is 88.0 Å². The Labute approximate surface area is 204 Å². The second kappa shape index (κ2) is 9.78. The molecular formula is C24H22F4N4O3S. The molecule has 0 unspecified atom stereocenters. The quantitative estimate of drug-likeness (QED) is 0.312. The number of halogens is 4. The van der Waals surface area contributed by atoms with Crippen molar-refractivity contribution in [1.29, 1.82) is 0 Å². The Hall–Kier alpha value is -3.64. The smallest absolute Gasteiger partial charge is 0.298 e. The summed E-state index contributed by atoms with van der Waals surface area (Å²) in [5.41, 5.74) is 3.86. The van der Waals surface area contributed by atoms with E-state index in [1.165, 1.54) is 24.3 Å². The number of nitrogens with one attached hydrogen (secondary N) is 3. The lowest BCUT2D eigenvalue weighted by Gasteiger charge is -2.16. The minimum absolute atomic E-state index is 0.177. The molecular weight excluding hydrogens is 500 g/mol. The van der Waals surface area contributed by atoms with Gasteiger partial charge in [0.15, 0.2) is 17.5 Å². The van der Waals surface area contributed by atoms with Gasteiger partial charge in [-0.1, -0.05) is 18.2 Å². The third kappa shape index (κ3) is 5.29. The standard InChI is InChI=1S/C24H22F4N4O3S/c1-30-36(34,35)32-19-4-2-3-14(20(19)26)9-15-10-16(24(29)33)23(22(28)21(15)27)31-18-8-7-13(11-17(18)25)12-5-6-12/h2-4,7-8,10-12,30-32H,5-6,9H2,1H3,(H2,29,33). The van der Waals surface area contributed by atoms with Gasteiger partial charge in [0.25, 0.3) is 16.1 Å². The molecule has 3 aromatic rings. The van der Waals surface area contributed by atoms with Crippen LogP contribution in [0.2, 0.25) is 0 Å². The van der Waals surface area contributed by atoms with Gasteiger partial charge in [0, 0.05) is 13.5 Å². The maximum absolute atomic E-state index is 15.1. The van der Waals surface area contributed by atoms with Gasteiger partial charge in [0.05, 0.1) is 22.6 Å². The van der Waals surface area contributed by atoms with Crippen LogP contribution in [0.1, 0.15) is 45.8 Å². The highest BCUT2D eigenvalue weighted by atomic mass is 32.2. The Morgan fingerprint density at radius 1 is 0.972 bits per heavy atom. The topological polar surface area (TPSA) is 113 Å². The van der Waals surface area contributed by atoms with Crippen LogP contribution in [0.3, 0.4) is 0 Å². The lowest BCUT2D eigenvalue weighted by molar-refractivity contribution is 0.100. The number of carbonyl (C=O) groups is 1. The molecule has 7 nitrogen and oxygen atoms in total. The summed E-state index contributed by atoms with van der Waals surface area (Å²) in [6.45, 7) is 0. The second-order valence-electron chi connectivity index (χ2n) is 8.35. The zero-order valence-corrected chi connectivity index (χ0v) is 19.8. The molecule has 1 amide bonds. The van der Waals surface area contributed by atoms with Crippen molar-refractivity contribution >= 4 is 33.2 Å². The first kappa shape index (κ1) is 25.5. The molecule has 0 aliphatic heterocycles. The summed E-state index contributed by atoms with van der Waals surface area (Å²) in [7, 11) is -2.91. The SMILES string of the molecule is CNS(=O)(=O)Nc1cccc(Cc2cc(C(N)=O)c(Nc3ccc(C4CC4)cc3F)c(F)c2F)c1F. The fourth-order valence-electron chi connectivity index (χ4n) is 3.76. The van der Waals surface area contributed by atoms with Crippen LogP contribution in [0.4, 0.5) is 34.6 Å². The van der Waals surface area contributed by atoms with E-state index in [-0.39, 0.29) is 17.2 Å². The molecule has 1 saturated carbocycles. The molecule has 0 heterocycles. The molecule has 0 saturated heterocycles. The number of carbonyl (C=O) groups excluding carboxylic acids is 1. The number of primary amides is 1. The first-order chi connectivity index (χ1) is 17.0. The Morgan fingerprint density at radius 2 is 1.69 bits per heavy atom. The predicted octanol–water partition coefficient (Wildman–Crippen LogP) is 4.43. The molecule has 12 heteroatoms. The Morgan fingerprint density at radius 3 is 2.31 bits per heavy atom. The zero-order chi connectivity index (χ0) is 26.2. The van der Waals surface area contributed by atoms with E-state index in [1.807, 2.05) is 9.44 Å². The monoisotopic (exact) mass is 522 g/mol. The van der Waals surface area contributed by atoms with Gasteiger partial charge in [-0.25, -0.2) is 22.3 Å². The molecule has 0 radical (unpaired) electrons. The largest absolute Gasteiger partial charge is 0.366 e. The van der Waals surface area contributed by atoms with Gasteiger partial charge in [-0.05, 0) is 59.7 Å². The molecule has 36 heavy (non-hydrogen) atoms. The van der Waals surface area contributed by atoms with Gasteiger partial charge in [0.1, 0.15) is 5.82 Å². The van der Waals surface area contributed by atoms with Crippen LogP contribution in [0, 0.1) is 23.3 Å². The third-order valence-corrected chi connectivity index (χ3v) is 6.85. The summed E-state index contributed by atoms with van der Waals surface area (Å²) in [5, 5.41) is 2.41. The number of rotatable bonds is 9. The molecule has 0 bridgehead atoms. The highest BCUT2D eigenvalue weighted by Gasteiger charge is 2.26. The van der Waals surface area contributed by atoms with E-state index in [4.69, 9.17) is 5.73 Å². The van der Waals surface area contributed by atoms with Crippen molar-refractivity contribution in [2.24, 2.45) is 5.73 Å². The minimum atomic E-state index is -4.03. The highest BCUT2D eigenvalue weighted by molar-refractivity contribution is 7.90. The highest BCUT2D eigenvalue weighted by Crippen LogP contribution is 2.41. The van der Waals surface area contributed by atoms with E-state index in [0.717, 1.165) is 37.6 Å². The first-order valence-corrected chi connectivity index (χ1v) is 12.3. The maximum Gasteiger partial charge on any atom is 0.298 e. The molecule has 1 fully saturated rings. The van der Waals surface area contributed by atoms with Gasteiger partial charge in [0.2, 0.25) is 0 Å². The summed E-state index contributed by atoms with van der Waals surface area (Å²) in [6, 6.07) is 8.99. The van der Waals surface area contributed by atoms with E-state index < -0.39 is 68.3 Å². The summed E-state index contributed by atoms with van der Waals surface area (Å²) < 4.78 is 86.9. The van der Waals surface area contributed by atoms with E-state index >= 15 is 8.78 Å². The Balaban J connectivity index is 1.69. The lowest BCUT2D eigenvalue weighted by Crippen LogP contribution is -2.27. The van der Waals surface area contributed by atoms with Crippen molar-refractivity contribution in [3.8, 4) is 0 Å². The number of nitrogens with two attached hydrogens (primary N) is 1. The number of anilines is 3. The maximum atomic E-state index is 15.1. The van der Waals surface area contributed by atoms with Gasteiger partial charge < -0.3 is 11.1 Å². The number of hydrogen-bond donors (Lipinski definition) is 4.